The number of aryl methyl sites for hydroxylation is 1. The van der Waals surface area contributed by atoms with Crippen LogP contribution in [0.4, 0.5) is 0 Å². The summed E-state index contributed by atoms with van der Waals surface area (Å²) in [6, 6.07) is 16.3. The summed E-state index contributed by atoms with van der Waals surface area (Å²) in [6.07, 6.45) is 2.64. The summed E-state index contributed by atoms with van der Waals surface area (Å²) in [5.74, 6) is 0. The van der Waals surface area contributed by atoms with Crippen molar-refractivity contribution in [1.29, 1.82) is 0 Å². The van der Waals surface area contributed by atoms with E-state index in [1.165, 1.54) is 0 Å². The quantitative estimate of drug-likeness (QED) is 0.521. The van der Waals surface area contributed by atoms with Gasteiger partial charge in [0.15, 0.2) is 0 Å². The molecule has 1 atom stereocenters. The van der Waals surface area contributed by atoms with Crippen LogP contribution in [0.3, 0.4) is 0 Å². The molecule has 5 rings (SSSR count). The highest BCUT2D eigenvalue weighted by Gasteiger charge is 2.34. The zero-order valence-electron chi connectivity index (χ0n) is 18.2. The Morgan fingerprint density at radius 2 is 1.71 bits per heavy atom. The molecule has 0 aliphatic carbocycles. The number of β-amino-alcohol motifs (C(OH)–C–C–N with tert-alkyl or cyclic N) is 1. The molecule has 0 spiro atoms. The van der Waals surface area contributed by atoms with E-state index in [2.05, 4.69) is 45.1 Å². The highest BCUT2D eigenvalue weighted by Crippen LogP contribution is 2.32. The molecule has 0 saturated carbocycles. The second-order valence-electron chi connectivity index (χ2n) is 8.98. The Morgan fingerprint density at radius 1 is 1.03 bits per heavy atom. The number of hydrogen-bond donors (Lipinski definition) is 2. The van der Waals surface area contributed by atoms with Gasteiger partial charge in [-0.2, -0.15) is 0 Å². The van der Waals surface area contributed by atoms with Crippen molar-refractivity contribution < 1.29 is 10.2 Å². The summed E-state index contributed by atoms with van der Waals surface area (Å²) < 4.78 is 4.21. The van der Waals surface area contributed by atoms with Crippen LogP contribution in [0.15, 0.2) is 54.9 Å². The van der Waals surface area contributed by atoms with Crippen molar-refractivity contribution in [2.75, 3.05) is 19.6 Å². The lowest BCUT2D eigenvalue weighted by Gasteiger charge is -2.39. The summed E-state index contributed by atoms with van der Waals surface area (Å²) in [6.45, 7) is 4.74. The Labute approximate surface area is 182 Å². The molecule has 1 saturated heterocycles. The summed E-state index contributed by atoms with van der Waals surface area (Å²) in [4.78, 5) is 6.71. The minimum absolute atomic E-state index is 0.546. The number of nitrogens with zero attached hydrogens (tertiary/aromatic N) is 4. The molecule has 162 valence electrons. The number of imidazole rings is 1. The third kappa shape index (κ3) is 3.65. The second-order valence-corrected chi connectivity index (χ2v) is 8.98. The molecule has 0 radical (unpaired) electrons. The summed E-state index contributed by atoms with van der Waals surface area (Å²) in [7, 11) is 2.05. The number of likely N-dealkylation sites (tertiary alicyclic amines) is 1. The van der Waals surface area contributed by atoms with Crippen molar-refractivity contribution in [3.05, 3.63) is 66.1 Å². The van der Waals surface area contributed by atoms with Gasteiger partial charge in [0.1, 0.15) is 0 Å². The first-order valence-corrected chi connectivity index (χ1v) is 11.0. The molecular formula is C25H30N4O2. The van der Waals surface area contributed by atoms with Crippen molar-refractivity contribution in [3.8, 4) is 0 Å². The summed E-state index contributed by atoms with van der Waals surface area (Å²) >= 11 is 0. The molecule has 4 aromatic rings. The van der Waals surface area contributed by atoms with Gasteiger partial charge in [0.05, 0.1) is 35.6 Å². The smallest absolute Gasteiger partial charge is 0.0959 e. The van der Waals surface area contributed by atoms with Crippen LogP contribution in [0.25, 0.3) is 21.9 Å². The van der Waals surface area contributed by atoms with Crippen molar-refractivity contribution in [1.82, 2.24) is 19.0 Å². The van der Waals surface area contributed by atoms with Crippen molar-refractivity contribution in [3.63, 3.8) is 0 Å². The van der Waals surface area contributed by atoms with Crippen LogP contribution in [0.2, 0.25) is 0 Å². The van der Waals surface area contributed by atoms with Crippen molar-refractivity contribution in [2.24, 2.45) is 7.05 Å². The van der Waals surface area contributed by atoms with Crippen LogP contribution < -0.4 is 0 Å². The fraction of sp³-hybridized carbons (Fsp3) is 0.400. The zero-order valence-corrected chi connectivity index (χ0v) is 18.2. The summed E-state index contributed by atoms with van der Waals surface area (Å²) in [5.41, 5.74) is 4.53. The second kappa shape index (κ2) is 7.79. The fourth-order valence-electron chi connectivity index (χ4n) is 5.07. The molecule has 0 amide bonds. The van der Waals surface area contributed by atoms with Crippen LogP contribution in [-0.4, -0.2) is 54.5 Å². The van der Waals surface area contributed by atoms with E-state index in [4.69, 9.17) is 0 Å². The predicted molar refractivity (Wildman–Crippen MR) is 123 cm³/mol. The standard InChI is InChI=1S/C25H30N4O2/c1-18-24(19-7-3-5-9-21(19)27(18)2)23(30)15-28-13-11-25(31,12-14-28)16-29-17-26-20-8-4-6-10-22(20)29/h3-10,17,23,30-31H,11-16H2,1-2H3. The van der Waals surface area contributed by atoms with Gasteiger partial charge in [0, 0.05) is 48.8 Å². The van der Waals surface area contributed by atoms with Gasteiger partial charge in [-0.3, -0.25) is 0 Å². The molecule has 1 unspecified atom stereocenters. The van der Waals surface area contributed by atoms with Crippen LogP contribution in [0.1, 0.15) is 30.2 Å². The maximum absolute atomic E-state index is 11.2. The van der Waals surface area contributed by atoms with Gasteiger partial charge in [-0.1, -0.05) is 30.3 Å². The van der Waals surface area contributed by atoms with Gasteiger partial charge in [-0.05, 0) is 38.0 Å². The van der Waals surface area contributed by atoms with E-state index in [1.807, 2.05) is 42.7 Å². The molecule has 1 aliphatic heterocycles. The number of aliphatic hydroxyl groups excluding tert-OH is 1. The number of rotatable bonds is 5. The first-order valence-electron chi connectivity index (χ1n) is 11.0. The zero-order chi connectivity index (χ0) is 21.6. The molecule has 0 bridgehead atoms. The molecule has 3 heterocycles. The van der Waals surface area contributed by atoms with Crippen LogP contribution in [0, 0.1) is 6.92 Å². The lowest BCUT2D eigenvalue weighted by Crippen LogP contribution is -2.47. The maximum atomic E-state index is 11.2. The largest absolute Gasteiger partial charge is 0.388 e. The number of piperidine rings is 1. The highest BCUT2D eigenvalue weighted by molar-refractivity contribution is 5.85. The number of aromatic nitrogens is 3. The average molecular weight is 419 g/mol. The molecule has 1 fully saturated rings. The Bertz CT molecular complexity index is 1220. The molecule has 2 aromatic heterocycles. The van der Waals surface area contributed by atoms with Crippen molar-refractivity contribution in [2.45, 2.75) is 38.0 Å². The normalized spacial score (nSPS) is 18.1. The van der Waals surface area contributed by atoms with Crippen LogP contribution >= 0.6 is 0 Å². The Hall–Kier alpha value is -2.67. The van der Waals surface area contributed by atoms with Crippen LogP contribution in [0.5, 0.6) is 0 Å². The Balaban J connectivity index is 1.26. The van der Waals surface area contributed by atoms with Gasteiger partial charge in [-0.15, -0.1) is 0 Å². The number of benzene rings is 2. The summed E-state index contributed by atoms with van der Waals surface area (Å²) in [5, 5.41) is 23.4. The van der Waals surface area contributed by atoms with E-state index in [9.17, 15) is 10.2 Å². The van der Waals surface area contributed by atoms with E-state index < -0.39 is 11.7 Å². The Kier molecular flexibility index (Phi) is 5.08. The average Bonchev–Trinajstić information content (AvgIpc) is 3.29. The molecule has 2 N–H and O–H groups in total. The topological polar surface area (TPSA) is 66.5 Å². The molecule has 2 aromatic carbocycles. The van der Waals surface area contributed by atoms with E-state index in [0.29, 0.717) is 25.9 Å². The van der Waals surface area contributed by atoms with E-state index >= 15 is 0 Å². The van der Waals surface area contributed by atoms with Gasteiger partial charge in [-0.25, -0.2) is 4.98 Å². The minimum atomic E-state index is -0.750. The third-order valence-corrected chi connectivity index (χ3v) is 6.99. The van der Waals surface area contributed by atoms with Crippen molar-refractivity contribution >= 4 is 21.9 Å². The van der Waals surface area contributed by atoms with E-state index in [0.717, 1.165) is 46.3 Å². The molecule has 1 aliphatic rings. The van der Waals surface area contributed by atoms with Gasteiger partial charge in [0.25, 0.3) is 0 Å². The molecular weight excluding hydrogens is 388 g/mol. The molecule has 31 heavy (non-hydrogen) atoms. The number of fused-ring (bicyclic) bond motifs is 2. The molecule has 6 heteroatoms. The van der Waals surface area contributed by atoms with E-state index in [1.54, 1.807) is 0 Å². The Morgan fingerprint density at radius 3 is 2.48 bits per heavy atom. The van der Waals surface area contributed by atoms with Crippen LogP contribution in [-0.2, 0) is 13.6 Å². The predicted octanol–water partition coefficient (Wildman–Crippen LogP) is 3.40. The monoisotopic (exact) mass is 418 g/mol. The molecule has 6 nitrogen and oxygen atoms in total. The lowest BCUT2D eigenvalue weighted by molar-refractivity contribution is -0.0408. The lowest BCUT2D eigenvalue weighted by atomic mass is 9.90. The highest BCUT2D eigenvalue weighted by atomic mass is 16.3. The van der Waals surface area contributed by atoms with Gasteiger partial charge < -0.3 is 24.2 Å². The van der Waals surface area contributed by atoms with Gasteiger partial charge in [0.2, 0.25) is 0 Å². The third-order valence-electron chi connectivity index (χ3n) is 6.99. The number of aliphatic hydroxyl groups is 2. The maximum Gasteiger partial charge on any atom is 0.0959 e. The first-order chi connectivity index (χ1) is 15.0. The minimum Gasteiger partial charge on any atom is -0.388 e. The SMILES string of the molecule is Cc1c(C(O)CN2CCC(O)(Cn3cnc4ccccc43)CC2)c2ccccc2n1C. The fourth-order valence-corrected chi connectivity index (χ4v) is 5.07. The number of para-hydroxylation sites is 3. The first kappa shape index (κ1) is 20.2. The number of hydrogen-bond acceptors (Lipinski definition) is 4. The van der Waals surface area contributed by atoms with Gasteiger partial charge >= 0.3 is 0 Å². The van der Waals surface area contributed by atoms with E-state index in [-0.39, 0.29) is 0 Å².